The molecule has 2 aromatic carbocycles. The first-order valence-electron chi connectivity index (χ1n) is 12.9. The maximum Gasteiger partial charge on any atom is 0.338 e. The van der Waals surface area contributed by atoms with E-state index in [0.29, 0.717) is 26.4 Å². The van der Waals surface area contributed by atoms with Crippen LogP contribution in [-0.2, 0) is 9.53 Å². The van der Waals surface area contributed by atoms with Gasteiger partial charge in [-0.25, -0.2) is 9.79 Å². The number of allylic oxidation sites excluding steroid dienone is 1. The molecule has 3 heterocycles. The summed E-state index contributed by atoms with van der Waals surface area (Å²) < 4.78 is 15.8. The highest BCUT2D eigenvalue weighted by Gasteiger charge is 2.33. The zero-order chi connectivity index (χ0) is 28.7. The highest BCUT2D eigenvalue weighted by molar-refractivity contribution is 9.10. The number of aromatic nitrogens is 2. The molecule has 1 atom stereocenters. The molecule has 206 valence electrons. The summed E-state index contributed by atoms with van der Waals surface area (Å²) in [4.78, 5) is 32.4. The molecule has 7 nitrogen and oxygen atoms in total. The van der Waals surface area contributed by atoms with E-state index < -0.39 is 12.0 Å². The van der Waals surface area contributed by atoms with Gasteiger partial charge in [0.1, 0.15) is 5.75 Å². The molecular formula is C31H30BrN3O4S. The Morgan fingerprint density at radius 3 is 2.48 bits per heavy atom. The van der Waals surface area contributed by atoms with Crippen molar-refractivity contribution >= 4 is 39.3 Å². The van der Waals surface area contributed by atoms with Crippen molar-refractivity contribution in [3.63, 3.8) is 0 Å². The number of hydrogen-bond acceptors (Lipinski definition) is 6. The summed E-state index contributed by atoms with van der Waals surface area (Å²) in [6, 6.07) is 15.3. The van der Waals surface area contributed by atoms with Gasteiger partial charge in [-0.2, -0.15) is 0 Å². The predicted molar refractivity (Wildman–Crippen MR) is 161 cm³/mol. The Hall–Kier alpha value is -3.69. The number of esters is 1. The van der Waals surface area contributed by atoms with Crippen molar-refractivity contribution in [2.24, 2.45) is 4.99 Å². The third kappa shape index (κ3) is 4.88. The maximum atomic E-state index is 14.0. The number of methoxy groups -OCH3 is 1. The average Bonchev–Trinajstić information content (AvgIpc) is 3.37. The van der Waals surface area contributed by atoms with E-state index in [0.717, 1.165) is 32.7 Å². The number of rotatable bonds is 6. The van der Waals surface area contributed by atoms with Gasteiger partial charge in [0, 0.05) is 17.1 Å². The first-order valence-corrected chi connectivity index (χ1v) is 14.5. The number of halogens is 1. The average molecular weight is 621 g/mol. The Labute approximate surface area is 244 Å². The first kappa shape index (κ1) is 27.9. The van der Waals surface area contributed by atoms with Crippen molar-refractivity contribution in [2.75, 3.05) is 13.7 Å². The Kier molecular flexibility index (Phi) is 7.70. The zero-order valence-corrected chi connectivity index (χ0v) is 25.6. The molecule has 1 aliphatic heterocycles. The van der Waals surface area contributed by atoms with Crippen molar-refractivity contribution in [3.05, 3.63) is 112 Å². The van der Waals surface area contributed by atoms with E-state index in [9.17, 15) is 9.59 Å². The number of aryl methyl sites for hydroxylation is 2. The molecule has 4 aromatic rings. The van der Waals surface area contributed by atoms with E-state index in [1.165, 1.54) is 16.9 Å². The third-order valence-corrected chi connectivity index (χ3v) is 8.66. The van der Waals surface area contributed by atoms with Crippen LogP contribution in [0.25, 0.3) is 11.8 Å². The minimum Gasteiger partial charge on any atom is -0.496 e. The molecule has 40 heavy (non-hydrogen) atoms. The van der Waals surface area contributed by atoms with Gasteiger partial charge in [0.05, 0.1) is 40.0 Å². The summed E-state index contributed by atoms with van der Waals surface area (Å²) >= 11 is 4.87. The number of fused-ring (bicyclic) bond motifs is 1. The lowest BCUT2D eigenvalue weighted by Crippen LogP contribution is -2.40. The van der Waals surface area contributed by atoms with Crippen LogP contribution in [0, 0.1) is 20.8 Å². The number of carbonyl (C=O) groups is 1. The van der Waals surface area contributed by atoms with Crippen molar-refractivity contribution in [2.45, 2.75) is 40.7 Å². The second-order valence-corrected chi connectivity index (χ2v) is 11.6. The van der Waals surface area contributed by atoms with Crippen molar-refractivity contribution < 1.29 is 14.3 Å². The van der Waals surface area contributed by atoms with Gasteiger partial charge in [0.25, 0.3) is 5.56 Å². The van der Waals surface area contributed by atoms with Crippen molar-refractivity contribution in [1.82, 2.24) is 9.13 Å². The van der Waals surface area contributed by atoms with Crippen LogP contribution in [0.1, 0.15) is 48.0 Å². The number of nitrogens with zero attached hydrogens (tertiary/aromatic N) is 3. The minimum atomic E-state index is -0.695. The zero-order valence-electron chi connectivity index (χ0n) is 23.2. The Morgan fingerprint density at radius 2 is 1.82 bits per heavy atom. The van der Waals surface area contributed by atoms with Crippen LogP contribution >= 0.6 is 27.3 Å². The second-order valence-electron chi connectivity index (χ2n) is 9.69. The molecule has 0 unspecified atom stereocenters. The molecular weight excluding hydrogens is 590 g/mol. The Morgan fingerprint density at radius 1 is 1.10 bits per heavy atom. The molecule has 5 rings (SSSR count). The Bertz CT molecular complexity index is 1840. The lowest BCUT2D eigenvalue weighted by Gasteiger charge is -2.25. The van der Waals surface area contributed by atoms with Gasteiger partial charge >= 0.3 is 5.97 Å². The summed E-state index contributed by atoms with van der Waals surface area (Å²) in [5, 5.41) is 0. The van der Waals surface area contributed by atoms with Gasteiger partial charge in [-0.15, -0.1) is 0 Å². The van der Waals surface area contributed by atoms with Gasteiger partial charge in [0.2, 0.25) is 0 Å². The lowest BCUT2D eigenvalue weighted by atomic mass is 9.96. The van der Waals surface area contributed by atoms with E-state index >= 15 is 0 Å². The lowest BCUT2D eigenvalue weighted by molar-refractivity contribution is -0.139. The number of thiazole rings is 1. The fourth-order valence-electron chi connectivity index (χ4n) is 5.13. The molecule has 0 amide bonds. The molecule has 0 bridgehead atoms. The molecule has 0 N–H and O–H groups in total. The molecule has 2 aromatic heterocycles. The molecule has 0 radical (unpaired) electrons. The van der Waals surface area contributed by atoms with Gasteiger partial charge < -0.3 is 14.0 Å². The molecule has 0 aliphatic carbocycles. The normalized spacial score (nSPS) is 15.2. The highest BCUT2D eigenvalue weighted by atomic mass is 79.9. The molecule has 1 aliphatic rings. The smallest absolute Gasteiger partial charge is 0.338 e. The van der Waals surface area contributed by atoms with Gasteiger partial charge in [0.15, 0.2) is 4.80 Å². The topological polar surface area (TPSA) is 74.8 Å². The van der Waals surface area contributed by atoms with Crippen LogP contribution in [-0.4, -0.2) is 28.8 Å². The maximum absolute atomic E-state index is 14.0. The van der Waals surface area contributed by atoms with Crippen molar-refractivity contribution in [3.8, 4) is 11.4 Å². The van der Waals surface area contributed by atoms with Crippen LogP contribution in [0.5, 0.6) is 5.75 Å². The summed E-state index contributed by atoms with van der Waals surface area (Å²) in [5.74, 6) is 0.162. The summed E-state index contributed by atoms with van der Waals surface area (Å²) in [7, 11) is 1.59. The number of hydrogen-bond donors (Lipinski definition) is 0. The van der Waals surface area contributed by atoms with Gasteiger partial charge in [-0.3, -0.25) is 9.36 Å². The van der Waals surface area contributed by atoms with E-state index in [1.807, 2.05) is 24.3 Å². The van der Waals surface area contributed by atoms with E-state index in [4.69, 9.17) is 9.47 Å². The molecule has 0 saturated carbocycles. The quantitative estimate of drug-likeness (QED) is 0.275. The van der Waals surface area contributed by atoms with E-state index in [2.05, 4.69) is 76.6 Å². The predicted octanol–water partition coefficient (Wildman–Crippen LogP) is 5.29. The second kappa shape index (κ2) is 11.1. The monoisotopic (exact) mass is 619 g/mol. The third-order valence-electron chi connectivity index (χ3n) is 7.06. The minimum absolute atomic E-state index is 0.213. The summed E-state index contributed by atoms with van der Waals surface area (Å²) in [5.41, 5.74) is 6.73. The fraction of sp³-hybridized carbons (Fsp3) is 0.258. The molecule has 9 heteroatoms. The number of carbonyl (C=O) groups excluding carboxylic acids is 1. The van der Waals surface area contributed by atoms with E-state index in [-0.39, 0.29) is 12.2 Å². The first-order chi connectivity index (χ1) is 19.1. The number of ether oxygens (including phenoxy) is 2. The van der Waals surface area contributed by atoms with Crippen LogP contribution < -0.4 is 19.6 Å². The van der Waals surface area contributed by atoms with Crippen LogP contribution in [0.2, 0.25) is 0 Å². The fourth-order valence-corrected chi connectivity index (χ4v) is 6.72. The highest BCUT2D eigenvalue weighted by Crippen LogP contribution is 2.35. The molecule has 0 spiro atoms. The molecule has 0 saturated heterocycles. The van der Waals surface area contributed by atoms with Gasteiger partial charge in [-0.1, -0.05) is 35.1 Å². The SMILES string of the molecule is CCOC(=O)C1=C(C)N=c2s/c(=C/c3cc(C)n(-c4ccc(C)cc4)c3C)c(=O)n2[C@@H]1c1ccc(OC)c(Br)c1. The van der Waals surface area contributed by atoms with Crippen LogP contribution in [0.4, 0.5) is 0 Å². The Balaban J connectivity index is 1.70. The summed E-state index contributed by atoms with van der Waals surface area (Å²) in [6.45, 7) is 9.94. The van der Waals surface area contributed by atoms with Crippen LogP contribution in [0.15, 0.2) is 74.1 Å². The van der Waals surface area contributed by atoms with Gasteiger partial charge in [-0.05, 0) is 98.1 Å². The van der Waals surface area contributed by atoms with E-state index in [1.54, 1.807) is 25.5 Å². The van der Waals surface area contributed by atoms with Crippen LogP contribution in [0.3, 0.4) is 0 Å². The standard InChI is InChI=1S/C31H30BrN3O4S/c1-7-39-30(37)27-19(4)33-31-35(28(27)21-10-13-25(38-6)24(32)15-21)29(36)26(40-31)16-22-14-18(3)34(20(22)5)23-11-8-17(2)9-12-23/h8-16,28H,7H2,1-6H3/b26-16+/t28-/m1/s1. The number of benzene rings is 2. The summed E-state index contributed by atoms with van der Waals surface area (Å²) in [6.07, 6.45) is 1.92. The van der Waals surface area contributed by atoms with Crippen molar-refractivity contribution in [1.29, 1.82) is 0 Å². The molecule has 0 fully saturated rings. The largest absolute Gasteiger partial charge is 0.496 e.